The third-order valence-electron chi connectivity index (χ3n) is 5.85. The fraction of sp³-hybridized carbons (Fsp3) is 0.850. The Labute approximate surface area is 173 Å². The number of anilines is 1. The van der Waals surface area contributed by atoms with Crippen LogP contribution in [0.15, 0.2) is 4.99 Å². The van der Waals surface area contributed by atoms with Crippen molar-refractivity contribution in [1.29, 1.82) is 0 Å². The van der Waals surface area contributed by atoms with Crippen LogP contribution in [0.2, 0.25) is 0 Å². The monoisotopic (exact) mass is 408 g/mol. The van der Waals surface area contributed by atoms with Crippen LogP contribution in [0.1, 0.15) is 51.8 Å². The van der Waals surface area contributed by atoms with Gasteiger partial charge in [0, 0.05) is 64.3 Å². The van der Waals surface area contributed by atoms with Gasteiger partial charge in [-0.2, -0.15) is 4.37 Å². The molecule has 0 radical (unpaired) electrons. The van der Waals surface area contributed by atoms with Crippen LogP contribution in [0.25, 0.3) is 0 Å². The van der Waals surface area contributed by atoms with Crippen LogP contribution in [-0.4, -0.2) is 72.7 Å². The summed E-state index contributed by atoms with van der Waals surface area (Å²) in [5, 5.41) is 4.62. The van der Waals surface area contributed by atoms with Gasteiger partial charge in [-0.25, -0.2) is 4.98 Å². The number of nitrogens with one attached hydrogen (secondary N) is 1. The molecule has 28 heavy (non-hydrogen) atoms. The fourth-order valence-corrected chi connectivity index (χ4v) is 5.08. The van der Waals surface area contributed by atoms with Gasteiger partial charge in [-0.05, 0) is 32.1 Å². The zero-order chi connectivity index (χ0) is 19.8. The first-order chi connectivity index (χ1) is 13.7. The largest absolute Gasteiger partial charge is 0.378 e. The summed E-state index contributed by atoms with van der Waals surface area (Å²) in [6.07, 6.45) is 7.72. The molecule has 8 heteroatoms. The fourth-order valence-electron chi connectivity index (χ4n) is 4.28. The molecule has 1 saturated carbocycles. The summed E-state index contributed by atoms with van der Waals surface area (Å²) in [7, 11) is 1.88. The lowest BCUT2D eigenvalue weighted by Gasteiger charge is -2.36. The average Bonchev–Trinajstić information content (AvgIpc) is 3.43. The molecule has 1 unspecified atom stereocenters. The quantitative estimate of drug-likeness (QED) is 0.527. The molecule has 0 spiro atoms. The van der Waals surface area contributed by atoms with E-state index in [0.717, 1.165) is 75.0 Å². The van der Waals surface area contributed by atoms with Crippen LogP contribution in [0.3, 0.4) is 0 Å². The van der Waals surface area contributed by atoms with E-state index < -0.39 is 0 Å². The summed E-state index contributed by atoms with van der Waals surface area (Å²) in [6, 6.07) is 0. The number of ether oxygens (including phenoxy) is 1. The average molecular weight is 409 g/mol. The number of aryl methyl sites for hydroxylation is 1. The third-order valence-corrected chi connectivity index (χ3v) is 6.67. The van der Waals surface area contributed by atoms with Crippen LogP contribution >= 0.6 is 11.5 Å². The van der Waals surface area contributed by atoms with Gasteiger partial charge in [-0.3, -0.25) is 4.99 Å². The lowest BCUT2D eigenvalue weighted by molar-refractivity contribution is 0.0168. The van der Waals surface area contributed by atoms with Crippen LogP contribution < -0.4 is 10.2 Å². The van der Waals surface area contributed by atoms with E-state index in [0.29, 0.717) is 6.10 Å². The normalized spacial score (nSPS) is 20.0. The van der Waals surface area contributed by atoms with Crippen molar-refractivity contribution in [2.45, 2.75) is 58.5 Å². The molecule has 0 amide bonds. The van der Waals surface area contributed by atoms with Gasteiger partial charge in [0.25, 0.3) is 0 Å². The minimum atomic E-state index is 0.389. The molecule has 1 aliphatic heterocycles. The number of piperazine rings is 1. The molecule has 7 nitrogen and oxygen atoms in total. The molecule has 0 bridgehead atoms. The van der Waals surface area contributed by atoms with Crippen molar-refractivity contribution in [3.63, 3.8) is 0 Å². The van der Waals surface area contributed by atoms with Crippen molar-refractivity contribution in [1.82, 2.24) is 19.6 Å². The molecule has 1 aromatic heterocycles. The second-order valence-corrected chi connectivity index (χ2v) is 8.35. The molecule has 2 heterocycles. The Morgan fingerprint density at radius 3 is 2.61 bits per heavy atom. The molecule has 0 aromatic carbocycles. The van der Waals surface area contributed by atoms with Gasteiger partial charge in [0.2, 0.25) is 5.13 Å². The Morgan fingerprint density at radius 2 is 2.00 bits per heavy atom. The number of aromatic nitrogens is 2. The molecule has 1 aliphatic carbocycles. The van der Waals surface area contributed by atoms with E-state index in [1.807, 2.05) is 7.05 Å². The van der Waals surface area contributed by atoms with Crippen LogP contribution in [0.5, 0.6) is 0 Å². The van der Waals surface area contributed by atoms with Crippen molar-refractivity contribution in [2.75, 3.05) is 51.3 Å². The minimum Gasteiger partial charge on any atom is -0.378 e. The molecule has 1 atom stereocenters. The van der Waals surface area contributed by atoms with E-state index >= 15 is 0 Å². The van der Waals surface area contributed by atoms with Crippen molar-refractivity contribution in [2.24, 2.45) is 10.9 Å². The number of hydrogen-bond acceptors (Lipinski definition) is 6. The van der Waals surface area contributed by atoms with Gasteiger partial charge in [-0.15, -0.1) is 0 Å². The minimum absolute atomic E-state index is 0.389. The predicted molar refractivity (Wildman–Crippen MR) is 116 cm³/mol. The Hall–Kier alpha value is -1.41. The van der Waals surface area contributed by atoms with E-state index in [-0.39, 0.29) is 0 Å². The highest BCUT2D eigenvalue weighted by Crippen LogP contribution is 2.30. The molecule has 3 rings (SSSR count). The van der Waals surface area contributed by atoms with Gasteiger partial charge >= 0.3 is 0 Å². The summed E-state index contributed by atoms with van der Waals surface area (Å²) in [4.78, 5) is 13.8. The van der Waals surface area contributed by atoms with Crippen molar-refractivity contribution >= 4 is 22.6 Å². The van der Waals surface area contributed by atoms with Gasteiger partial charge in [0.1, 0.15) is 5.82 Å². The number of hydrogen-bond donors (Lipinski definition) is 1. The Balaban J connectivity index is 1.44. The second kappa shape index (κ2) is 11.0. The highest BCUT2D eigenvalue weighted by Gasteiger charge is 2.26. The maximum Gasteiger partial charge on any atom is 0.205 e. The topological polar surface area (TPSA) is 65.9 Å². The molecule has 2 fully saturated rings. The van der Waals surface area contributed by atoms with E-state index in [1.165, 1.54) is 37.2 Å². The summed E-state index contributed by atoms with van der Waals surface area (Å²) >= 11 is 1.52. The zero-order valence-electron chi connectivity index (χ0n) is 17.7. The molecule has 1 saturated heterocycles. The van der Waals surface area contributed by atoms with Gasteiger partial charge < -0.3 is 19.9 Å². The first kappa shape index (κ1) is 21.3. The predicted octanol–water partition coefficient (Wildman–Crippen LogP) is 2.78. The Morgan fingerprint density at radius 1 is 1.25 bits per heavy atom. The van der Waals surface area contributed by atoms with Crippen LogP contribution in [0, 0.1) is 5.92 Å². The van der Waals surface area contributed by atoms with E-state index in [1.54, 1.807) is 0 Å². The zero-order valence-corrected chi connectivity index (χ0v) is 18.5. The van der Waals surface area contributed by atoms with Gasteiger partial charge in [0.05, 0.1) is 6.10 Å². The first-order valence-electron chi connectivity index (χ1n) is 10.9. The second-order valence-electron chi connectivity index (χ2n) is 7.62. The molecule has 1 aromatic rings. The number of guanidine groups is 1. The third kappa shape index (κ3) is 5.56. The molecule has 2 aliphatic rings. The van der Waals surface area contributed by atoms with Crippen molar-refractivity contribution < 1.29 is 4.74 Å². The summed E-state index contributed by atoms with van der Waals surface area (Å²) in [5.41, 5.74) is 0. The molecule has 1 N–H and O–H groups in total. The lowest BCUT2D eigenvalue weighted by Crippen LogP contribution is -2.53. The Bertz CT molecular complexity index is 608. The summed E-state index contributed by atoms with van der Waals surface area (Å²) in [5.74, 6) is 2.70. The maximum absolute atomic E-state index is 6.05. The SMILES string of the molecule is CCOC(CCNC(=NC)N1CCN(c2nc(CC)ns2)CC1)C1CCCC1. The van der Waals surface area contributed by atoms with Crippen molar-refractivity contribution in [3.05, 3.63) is 5.82 Å². The summed E-state index contributed by atoms with van der Waals surface area (Å²) < 4.78 is 10.5. The van der Waals surface area contributed by atoms with E-state index in [4.69, 9.17) is 4.74 Å². The van der Waals surface area contributed by atoms with E-state index in [9.17, 15) is 0 Å². The standard InChI is InChI=1S/C20H36N6OS/c1-4-18-23-20(28-24-18)26-14-12-25(13-15-26)19(21-3)22-11-10-17(27-5-2)16-8-6-7-9-16/h16-17H,4-15H2,1-3H3,(H,21,22). The Kier molecular flexibility index (Phi) is 8.33. The molecule has 158 valence electrons. The number of aliphatic imine (C=N–C) groups is 1. The van der Waals surface area contributed by atoms with Gasteiger partial charge in [-0.1, -0.05) is 19.8 Å². The lowest BCUT2D eigenvalue weighted by atomic mass is 9.98. The number of nitrogens with zero attached hydrogens (tertiary/aromatic N) is 5. The highest BCUT2D eigenvalue weighted by molar-refractivity contribution is 7.09. The molecular formula is C20H36N6OS. The summed E-state index contributed by atoms with van der Waals surface area (Å²) in [6.45, 7) is 9.77. The molecular weight excluding hydrogens is 372 g/mol. The van der Waals surface area contributed by atoms with Crippen LogP contribution in [-0.2, 0) is 11.2 Å². The van der Waals surface area contributed by atoms with Gasteiger partial charge in [0.15, 0.2) is 5.96 Å². The smallest absolute Gasteiger partial charge is 0.205 e. The maximum atomic E-state index is 6.05. The highest BCUT2D eigenvalue weighted by atomic mass is 32.1. The van der Waals surface area contributed by atoms with Crippen LogP contribution in [0.4, 0.5) is 5.13 Å². The van der Waals surface area contributed by atoms with E-state index in [2.05, 4.69) is 43.3 Å². The first-order valence-corrected chi connectivity index (χ1v) is 11.7. The number of rotatable bonds is 8. The van der Waals surface area contributed by atoms with Crippen molar-refractivity contribution in [3.8, 4) is 0 Å².